The van der Waals surface area contributed by atoms with Gasteiger partial charge in [-0.2, -0.15) is 13.2 Å². The summed E-state index contributed by atoms with van der Waals surface area (Å²) < 4.78 is 38.3. The molecule has 1 aromatic carbocycles. The minimum Gasteiger partial charge on any atom is -0.354 e. The normalized spacial score (nSPS) is 16.5. The first-order valence-electron chi connectivity index (χ1n) is 8.67. The monoisotopic (exact) mass is 383 g/mol. The van der Waals surface area contributed by atoms with Crippen molar-refractivity contribution in [2.24, 2.45) is 0 Å². The summed E-state index contributed by atoms with van der Waals surface area (Å²) in [7, 11) is 0. The van der Waals surface area contributed by atoms with Crippen molar-refractivity contribution in [3.63, 3.8) is 0 Å². The lowest BCUT2D eigenvalue weighted by atomic mass is 10.1. The maximum absolute atomic E-state index is 12.8. The molecule has 26 heavy (non-hydrogen) atoms. The molecule has 0 aliphatic carbocycles. The van der Waals surface area contributed by atoms with E-state index in [-0.39, 0.29) is 5.02 Å². The summed E-state index contributed by atoms with van der Waals surface area (Å²) in [6, 6.07) is 11.3. The number of halogens is 4. The summed E-state index contributed by atoms with van der Waals surface area (Å²) in [4.78, 5) is 8.34. The lowest BCUT2D eigenvalue weighted by molar-refractivity contribution is -0.137. The number of hydrogen-bond donors (Lipinski definition) is 0. The van der Waals surface area contributed by atoms with Crippen LogP contribution in [0, 0.1) is 0 Å². The van der Waals surface area contributed by atoms with Gasteiger partial charge < -0.3 is 9.80 Å². The van der Waals surface area contributed by atoms with Gasteiger partial charge in [0.1, 0.15) is 5.82 Å². The molecule has 0 radical (unpaired) electrons. The van der Waals surface area contributed by atoms with E-state index in [0.717, 1.165) is 51.3 Å². The minimum absolute atomic E-state index is 0.0533. The van der Waals surface area contributed by atoms with Crippen LogP contribution >= 0.6 is 11.6 Å². The SMILES string of the molecule is FC(F)(F)c1cnc(N2CCCN(CCc3ccccc3)CC2)c(Cl)c1. The van der Waals surface area contributed by atoms with Crippen molar-refractivity contribution in [3.05, 3.63) is 58.7 Å². The van der Waals surface area contributed by atoms with E-state index in [1.165, 1.54) is 5.56 Å². The third-order valence-corrected chi connectivity index (χ3v) is 4.87. The Morgan fingerprint density at radius 1 is 1.04 bits per heavy atom. The molecule has 0 bridgehead atoms. The van der Waals surface area contributed by atoms with E-state index in [1.807, 2.05) is 23.1 Å². The molecule has 0 saturated carbocycles. The van der Waals surface area contributed by atoms with Gasteiger partial charge in [-0.1, -0.05) is 41.9 Å². The molecule has 1 aliphatic heterocycles. The fraction of sp³-hybridized carbons (Fsp3) is 0.421. The predicted molar refractivity (Wildman–Crippen MR) is 97.7 cm³/mol. The van der Waals surface area contributed by atoms with Gasteiger partial charge in [0.05, 0.1) is 10.6 Å². The molecule has 0 spiro atoms. The summed E-state index contributed by atoms with van der Waals surface area (Å²) >= 11 is 6.08. The van der Waals surface area contributed by atoms with Crippen LogP contribution < -0.4 is 4.90 Å². The molecule has 0 atom stereocenters. The Balaban J connectivity index is 1.60. The first-order valence-corrected chi connectivity index (χ1v) is 9.05. The smallest absolute Gasteiger partial charge is 0.354 e. The average Bonchev–Trinajstić information content (AvgIpc) is 2.85. The molecular formula is C19H21ClF3N3. The third kappa shape index (κ3) is 4.89. The summed E-state index contributed by atoms with van der Waals surface area (Å²) in [6.07, 6.45) is -1.66. The van der Waals surface area contributed by atoms with Crippen LogP contribution in [0.5, 0.6) is 0 Å². The van der Waals surface area contributed by atoms with Crippen LogP contribution in [0.1, 0.15) is 17.5 Å². The van der Waals surface area contributed by atoms with Gasteiger partial charge in [-0.05, 0) is 31.0 Å². The molecule has 0 unspecified atom stereocenters. The topological polar surface area (TPSA) is 19.4 Å². The molecule has 7 heteroatoms. The summed E-state index contributed by atoms with van der Waals surface area (Å²) in [5, 5.41) is 0.0533. The van der Waals surface area contributed by atoms with E-state index >= 15 is 0 Å². The maximum Gasteiger partial charge on any atom is 0.417 e. The highest BCUT2D eigenvalue weighted by Gasteiger charge is 2.32. The Morgan fingerprint density at radius 3 is 2.50 bits per heavy atom. The molecule has 3 nitrogen and oxygen atoms in total. The van der Waals surface area contributed by atoms with Crippen molar-refractivity contribution in [2.75, 3.05) is 37.6 Å². The summed E-state index contributed by atoms with van der Waals surface area (Å²) in [6.45, 7) is 4.20. The Morgan fingerprint density at radius 2 is 1.81 bits per heavy atom. The fourth-order valence-corrected chi connectivity index (χ4v) is 3.44. The zero-order valence-electron chi connectivity index (χ0n) is 14.3. The van der Waals surface area contributed by atoms with Crippen LogP contribution in [0.4, 0.5) is 19.0 Å². The Bertz CT molecular complexity index is 722. The number of rotatable bonds is 4. The highest BCUT2D eigenvalue weighted by atomic mass is 35.5. The van der Waals surface area contributed by atoms with E-state index < -0.39 is 11.7 Å². The van der Waals surface area contributed by atoms with Crippen molar-refractivity contribution in [1.82, 2.24) is 9.88 Å². The largest absolute Gasteiger partial charge is 0.417 e. The second-order valence-corrected chi connectivity index (χ2v) is 6.85. The molecule has 2 heterocycles. The molecule has 1 aromatic heterocycles. The van der Waals surface area contributed by atoms with Gasteiger partial charge in [0.2, 0.25) is 0 Å². The predicted octanol–water partition coefficient (Wildman–Crippen LogP) is 4.51. The standard InChI is InChI=1S/C19H21ClF3N3/c20-17-13-16(19(21,22)23)14-24-18(17)26-9-4-8-25(11-12-26)10-7-15-5-2-1-3-6-15/h1-3,5-6,13-14H,4,7-12H2. The number of benzene rings is 1. The first kappa shape index (κ1) is 19.0. The van der Waals surface area contributed by atoms with Gasteiger partial charge in [0.25, 0.3) is 0 Å². The van der Waals surface area contributed by atoms with Gasteiger partial charge in [-0.25, -0.2) is 4.98 Å². The quantitative estimate of drug-likeness (QED) is 0.774. The molecule has 140 valence electrons. The molecule has 1 aliphatic rings. The third-order valence-electron chi connectivity index (χ3n) is 4.60. The number of hydrogen-bond acceptors (Lipinski definition) is 3. The number of anilines is 1. The number of alkyl halides is 3. The Labute approximate surface area is 156 Å². The lowest BCUT2D eigenvalue weighted by Crippen LogP contribution is -2.32. The fourth-order valence-electron chi connectivity index (χ4n) is 3.16. The zero-order valence-corrected chi connectivity index (χ0v) is 15.1. The van der Waals surface area contributed by atoms with Crippen LogP contribution in [-0.2, 0) is 12.6 Å². The molecule has 2 aromatic rings. The van der Waals surface area contributed by atoms with E-state index in [4.69, 9.17) is 11.6 Å². The second-order valence-electron chi connectivity index (χ2n) is 6.45. The van der Waals surface area contributed by atoms with Crippen molar-refractivity contribution < 1.29 is 13.2 Å². The maximum atomic E-state index is 12.8. The first-order chi connectivity index (χ1) is 12.4. The van der Waals surface area contributed by atoms with Gasteiger partial charge >= 0.3 is 6.18 Å². The highest BCUT2D eigenvalue weighted by molar-refractivity contribution is 6.33. The second kappa shape index (κ2) is 8.27. The lowest BCUT2D eigenvalue weighted by Gasteiger charge is -2.24. The van der Waals surface area contributed by atoms with E-state index in [0.29, 0.717) is 12.4 Å². The van der Waals surface area contributed by atoms with E-state index in [9.17, 15) is 13.2 Å². The minimum atomic E-state index is -4.43. The number of aromatic nitrogens is 1. The summed E-state index contributed by atoms with van der Waals surface area (Å²) in [5.41, 5.74) is 0.492. The van der Waals surface area contributed by atoms with Crippen LogP contribution in [0.3, 0.4) is 0 Å². The zero-order chi connectivity index (χ0) is 18.6. The van der Waals surface area contributed by atoms with Crippen LogP contribution in [0.25, 0.3) is 0 Å². The van der Waals surface area contributed by atoms with Crippen LogP contribution in [-0.4, -0.2) is 42.6 Å². The van der Waals surface area contributed by atoms with Crippen LogP contribution in [0.2, 0.25) is 5.02 Å². The molecule has 0 N–H and O–H groups in total. The van der Waals surface area contributed by atoms with E-state index in [2.05, 4.69) is 22.0 Å². The van der Waals surface area contributed by atoms with Crippen molar-refractivity contribution in [1.29, 1.82) is 0 Å². The van der Waals surface area contributed by atoms with Crippen LogP contribution in [0.15, 0.2) is 42.6 Å². The van der Waals surface area contributed by atoms with Gasteiger partial charge in [-0.3, -0.25) is 0 Å². The van der Waals surface area contributed by atoms with Gasteiger partial charge in [-0.15, -0.1) is 0 Å². The van der Waals surface area contributed by atoms with Crippen molar-refractivity contribution >= 4 is 17.4 Å². The number of nitrogens with zero attached hydrogens (tertiary/aromatic N) is 3. The number of pyridine rings is 1. The van der Waals surface area contributed by atoms with Gasteiger partial charge in [0, 0.05) is 32.4 Å². The molecular weight excluding hydrogens is 363 g/mol. The van der Waals surface area contributed by atoms with Gasteiger partial charge in [0.15, 0.2) is 0 Å². The molecule has 1 fully saturated rings. The molecule has 3 rings (SSSR count). The Kier molecular flexibility index (Phi) is 6.04. The highest BCUT2D eigenvalue weighted by Crippen LogP contribution is 2.33. The average molecular weight is 384 g/mol. The summed E-state index contributed by atoms with van der Waals surface area (Å²) in [5.74, 6) is 0.435. The van der Waals surface area contributed by atoms with E-state index in [1.54, 1.807) is 0 Å². The van der Waals surface area contributed by atoms with Crippen molar-refractivity contribution in [2.45, 2.75) is 19.0 Å². The van der Waals surface area contributed by atoms with Crippen molar-refractivity contribution in [3.8, 4) is 0 Å². The molecule has 1 saturated heterocycles. The molecule has 0 amide bonds. The Hall–Kier alpha value is -1.79.